The van der Waals surface area contributed by atoms with E-state index in [0.717, 1.165) is 11.8 Å². The second kappa shape index (κ2) is 4.26. The van der Waals surface area contributed by atoms with Gasteiger partial charge in [-0.05, 0) is 13.0 Å². The molecule has 0 saturated heterocycles. The van der Waals surface area contributed by atoms with Crippen LogP contribution in [0, 0.1) is 11.3 Å². The normalized spacial score (nSPS) is 16.8. The third-order valence-electron chi connectivity index (χ3n) is 2.65. The van der Waals surface area contributed by atoms with Gasteiger partial charge in [-0.25, -0.2) is 0 Å². The Morgan fingerprint density at radius 3 is 3.06 bits per heavy atom. The molecule has 1 atom stereocenters. The number of carbonyl (C=O) groups excluding carboxylic acids is 2. The molecule has 2 rings (SSSR count). The van der Waals surface area contributed by atoms with Gasteiger partial charge in [0.1, 0.15) is 18.1 Å². The molecular formula is C12H11N3O2. The van der Waals surface area contributed by atoms with Crippen LogP contribution in [0.1, 0.15) is 22.8 Å². The molecule has 0 bridgehead atoms. The van der Waals surface area contributed by atoms with E-state index in [0.29, 0.717) is 11.4 Å². The maximum Gasteiger partial charge on any atom is 0.162 e. The molecule has 1 aliphatic rings. The number of Topliss-reactive ketones (excluding diaryl/α,β-unsaturated/α-hetero) is 1. The van der Waals surface area contributed by atoms with E-state index in [1.165, 1.54) is 6.92 Å². The summed E-state index contributed by atoms with van der Waals surface area (Å²) in [6, 6.07) is 1.64. The Hall–Kier alpha value is -2.35. The highest BCUT2D eigenvalue weighted by molar-refractivity contribution is 6.00. The lowest BCUT2D eigenvalue weighted by molar-refractivity contribution is -0.108. The number of fused-ring (bicyclic) bond motifs is 1. The van der Waals surface area contributed by atoms with Crippen molar-refractivity contribution in [1.29, 1.82) is 5.26 Å². The Morgan fingerprint density at radius 1 is 1.71 bits per heavy atom. The van der Waals surface area contributed by atoms with Crippen LogP contribution in [-0.2, 0) is 11.3 Å². The molecule has 0 radical (unpaired) electrons. The summed E-state index contributed by atoms with van der Waals surface area (Å²) < 4.78 is 1.65. The zero-order chi connectivity index (χ0) is 12.4. The van der Waals surface area contributed by atoms with Gasteiger partial charge in [-0.2, -0.15) is 5.26 Å². The second-order valence-corrected chi connectivity index (χ2v) is 3.79. The number of rotatable bonds is 3. The maximum absolute atomic E-state index is 11.5. The minimum absolute atomic E-state index is 0.0623. The Balaban J connectivity index is 2.53. The topological polar surface area (TPSA) is 74.9 Å². The van der Waals surface area contributed by atoms with Gasteiger partial charge in [0.2, 0.25) is 0 Å². The predicted molar refractivity (Wildman–Crippen MR) is 62.6 cm³/mol. The van der Waals surface area contributed by atoms with E-state index in [9.17, 15) is 9.59 Å². The number of aldehydes is 1. The summed E-state index contributed by atoms with van der Waals surface area (Å²) in [5.74, 6) is 0.587. The van der Waals surface area contributed by atoms with E-state index < -0.39 is 6.04 Å². The fourth-order valence-corrected chi connectivity index (χ4v) is 1.87. The van der Waals surface area contributed by atoms with Crippen molar-refractivity contribution in [3.63, 3.8) is 0 Å². The Morgan fingerprint density at radius 2 is 2.47 bits per heavy atom. The molecule has 0 saturated carbocycles. The summed E-state index contributed by atoms with van der Waals surface area (Å²) in [7, 11) is 0. The lowest BCUT2D eigenvalue weighted by atomic mass is 10.1. The third-order valence-corrected chi connectivity index (χ3v) is 2.65. The minimum Gasteiger partial charge on any atom is -0.352 e. The quantitative estimate of drug-likeness (QED) is 0.624. The van der Waals surface area contributed by atoms with Crippen LogP contribution >= 0.6 is 0 Å². The largest absolute Gasteiger partial charge is 0.352 e. The van der Waals surface area contributed by atoms with Gasteiger partial charge in [0.25, 0.3) is 0 Å². The maximum atomic E-state index is 11.5. The fraction of sp³-hybridized carbons (Fsp3) is 0.250. The number of nitrogens with one attached hydrogen (secondary N) is 1. The summed E-state index contributed by atoms with van der Waals surface area (Å²) in [5, 5.41) is 11.8. The molecule has 1 aliphatic heterocycles. The molecule has 5 nitrogen and oxygen atoms in total. The SMILES string of the molecule is CC(=O)c1cn(CC=O)c2c1C=CC(C#N)N2. The van der Waals surface area contributed by atoms with Crippen LogP contribution < -0.4 is 5.32 Å². The molecule has 17 heavy (non-hydrogen) atoms. The lowest BCUT2D eigenvalue weighted by Crippen LogP contribution is -2.20. The van der Waals surface area contributed by atoms with Crippen molar-refractivity contribution < 1.29 is 9.59 Å². The first-order chi connectivity index (χ1) is 8.17. The summed E-state index contributed by atoms with van der Waals surface area (Å²) in [4.78, 5) is 22.0. The molecule has 0 fully saturated rings. The van der Waals surface area contributed by atoms with Crippen LogP contribution in [-0.4, -0.2) is 22.7 Å². The molecule has 0 spiro atoms. The van der Waals surface area contributed by atoms with Crippen LogP contribution in [0.15, 0.2) is 12.3 Å². The van der Waals surface area contributed by atoms with Gasteiger partial charge in [0.15, 0.2) is 5.78 Å². The average molecular weight is 229 g/mol. The van der Waals surface area contributed by atoms with Crippen molar-refractivity contribution in [3.05, 3.63) is 23.4 Å². The molecular weight excluding hydrogens is 218 g/mol. The Bertz CT molecular complexity index is 549. The lowest BCUT2D eigenvalue weighted by Gasteiger charge is -2.16. The van der Waals surface area contributed by atoms with Crippen LogP contribution in [0.25, 0.3) is 6.08 Å². The van der Waals surface area contributed by atoms with E-state index in [2.05, 4.69) is 11.4 Å². The molecule has 0 aromatic carbocycles. The van der Waals surface area contributed by atoms with Crippen LogP contribution in [0.2, 0.25) is 0 Å². The van der Waals surface area contributed by atoms with E-state index in [1.54, 1.807) is 22.9 Å². The van der Waals surface area contributed by atoms with Crippen LogP contribution in [0.5, 0.6) is 0 Å². The average Bonchev–Trinajstić information content (AvgIpc) is 2.68. The number of aromatic nitrogens is 1. The first-order valence-corrected chi connectivity index (χ1v) is 5.19. The second-order valence-electron chi connectivity index (χ2n) is 3.79. The van der Waals surface area contributed by atoms with E-state index in [4.69, 9.17) is 5.26 Å². The monoisotopic (exact) mass is 229 g/mol. The zero-order valence-electron chi connectivity index (χ0n) is 9.30. The van der Waals surface area contributed by atoms with Gasteiger partial charge < -0.3 is 14.7 Å². The first-order valence-electron chi connectivity index (χ1n) is 5.19. The van der Waals surface area contributed by atoms with Gasteiger partial charge in [-0.15, -0.1) is 0 Å². The van der Waals surface area contributed by atoms with E-state index in [1.807, 2.05) is 0 Å². The molecule has 86 valence electrons. The van der Waals surface area contributed by atoms with Gasteiger partial charge in [0, 0.05) is 17.3 Å². The molecule has 0 aliphatic carbocycles. The minimum atomic E-state index is -0.428. The van der Waals surface area contributed by atoms with E-state index >= 15 is 0 Å². The molecule has 0 amide bonds. The number of ketones is 1. The summed E-state index contributed by atoms with van der Waals surface area (Å²) in [6.07, 6.45) is 5.84. The number of anilines is 1. The Labute approximate surface area is 98.3 Å². The van der Waals surface area contributed by atoms with Crippen molar-refractivity contribution in [2.24, 2.45) is 0 Å². The molecule has 1 N–H and O–H groups in total. The molecule has 2 heterocycles. The number of nitriles is 1. The molecule has 1 aromatic rings. The van der Waals surface area contributed by atoms with Crippen LogP contribution in [0.3, 0.4) is 0 Å². The molecule has 1 aromatic heterocycles. The Kier molecular flexibility index (Phi) is 2.79. The number of hydrogen-bond acceptors (Lipinski definition) is 4. The van der Waals surface area contributed by atoms with Gasteiger partial charge in [-0.1, -0.05) is 6.08 Å². The fourth-order valence-electron chi connectivity index (χ4n) is 1.87. The van der Waals surface area contributed by atoms with Crippen molar-refractivity contribution >= 4 is 24.0 Å². The third kappa shape index (κ3) is 1.85. The molecule has 1 unspecified atom stereocenters. The summed E-state index contributed by atoms with van der Waals surface area (Å²) >= 11 is 0. The highest BCUT2D eigenvalue weighted by Crippen LogP contribution is 2.28. The van der Waals surface area contributed by atoms with Crippen LogP contribution in [0.4, 0.5) is 5.82 Å². The summed E-state index contributed by atoms with van der Waals surface area (Å²) in [6.45, 7) is 1.64. The smallest absolute Gasteiger partial charge is 0.162 e. The number of carbonyl (C=O) groups is 2. The van der Waals surface area contributed by atoms with Gasteiger partial charge in [0.05, 0.1) is 12.6 Å². The van der Waals surface area contributed by atoms with Gasteiger partial charge in [-0.3, -0.25) is 4.79 Å². The van der Waals surface area contributed by atoms with Crippen molar-refractivity contribution in [3.8, 4) is 6.07 Å². The number of hydrogen-bond donors (Lipinski definition) is 1. The van der Waals surface area contributed by atoms with Crippen molar-refractivity contribution in [2.75, 3.05) is 5.32 Å². The predicted octanol–water partition coefficient (Wildman–Crippen LogP) is 1.22. The van der Waals surface area contributed by atoms with Crippen molar-refractivity contribution in [1.82, 2.24) is 4.57 Å². The number of nitrogens with zero attached hydrogens (tertiary/aromatic N) is 2. The van der Waals surface area contributed by atoms with E-state index in [-0.39, 0.29) is 12.3 Å². The standard InChI is InChI=1S/C12H11N3O2/c1-8(17)11-7-15(4-5-16)12-10(11)3-2-9(6-13)14-12/h2-3,5,7,9,14H,4H2,1H3. The molecule has 5 heteroatoms. The zero-order valence-corrected chi connectivity index (χ0v) is 9.30. The summed E-state index contributed by atoms with van der Waals surface area (Å²) in [5.41, 5.74) is 1.30. The van der Waals surface area contributed by atoms with Gasteiger partial charge >= 0.3 is 0 Å². The highest BCUT2D eigenvalue weighted by Gasteiger charge is 2.21. The van der Waals surface area contributed by atoms with Crippen molar-refractivity contribution in [2.45, 2.75) is 19.5 Å². The first kappa shape index (κ1) is 11.1. The highest BCUT2D eigenvalue weighted by atomic mass is 16.1.